The molecule has 3 N–H and O–H groups in total. The lowest BCUT2D eigenvalue weighted by molar-refractivity contribution is -0.137. The van der Waals surface area contributed by atoms with Crippen LogP contribution in [0.2, 0.25) is 0 Å². The molecule has 2 unspecified atom stereocenters. The smallest absolute Gasteiger partial charge is 0.304 e. The van der Waals surface area contributed by atoms with Crippen molar-refractivity contribution in [1.82, 2.24) is 4.90 Å². The van der Waals surface area contributed by atoms with Crippen LogP contribution in [-0.4, -0.2) is 41.7 Å². The minimum Gasteiger partial charge on any atom is -0.481 e. The quantitative estimate of drug-likeness (QED) is 0.842. The maximum atomic E-state index is 10.6. The second-order valence-electron chi connectivity index (χ2n) is 5.01. The van der Waals surface area contributed by atoms with Crippen LogP contribution in [0.5, 0.6) is 0 Å². The molecule has 0 amide bonds. The van der Waals surface area contributed by atoms with Gasteiger partial charge in [-0.3, -0.25) is 4.79 Å². The normalized spacial score (nSPS) is 24.9. The van der Waals surface area contributed by atoms with Gasteiger partial charge in [-0.1, -0.05) is 30.3 Å². The van der Waals surface area contributed by atoms with Gasteiger partial charge in [0.05, 0.1) is 6.42 Å². The number of likely N-dealkylation sites (tertiary alicyclic amines) is 1. The minimum absolute atomic E-state index is 0.137. The molecule has 0 aromatic heterocycles. The Kier molecular flexibility index (Phi) is 4.33. The van der Waals surface area contributed by atoms with Crippen molar-refractivity contribution in [3.05, 3.63) is 35.9 Å². The first-order chi connectivity index (χ1) is 8.65. The predicted octanol–water partition coefficient (Wildman–Crippen LogP) is 1.28. The zero-order chi connectivity index (χ0) is 13.0. The van der Waals surface area contributed by atoms with Gasteiger partial charge in [0.2, 0.25) is 0 Å². The summed E-state index contributed by atoms with van der Waals surface area (Å²) in [4.78, 5) is 12.8. The molecule has 0 spiro atoms. The van der Waals surface area contributed by atoms with Crippen LogP contribution >= 0.6 is 0 Å². The van der Waals surface area contributed by atoms with E-state index in [9.17, 15) is 4.79 Å². The fourth-order valence-corrected chi connectivity index (χ4v) is 2.64. The summed E-state index contributed by atoms with van der Waals surface area (Å²) < 4.78 is 0. The average molecular weight is 248 g/mol. The monoisotopic (exact) mass is 248 g/mol. The molecule has 4 heteroatoms. The number of aliphatic carboxylic acids is 1. The molecule has 0 aliphatic carbocycles. The third kappa shape index (κ3) is 3.55. The van der Waals surface area contributed by atoms with E-state index in [-0.39, 0.29) is 12.5 Å². The van der Waals surface area contributed by atoms with E-state index in [2.05, 4.69) is 17.0 Å². The summed E-state index contributed by atoms with van der Waals surface area (Å²) in [5.41, 5.74) is 7.37. The number of nitrogens with two attached hydrogens (primary N) is 1. The van der Waals surface area contributed by atoms with E-state index in [1.165, 1.54) is 5.56 Å². The zero-order valence-corrected chi connectivity index (χ0v) is 10.5. The summed E-state index contributed by atoms with van der Waals surface area (Å²) in [7, 11) is 0. The highest BCUT2D eigenvalue weighted by Crippen LogP contribution is 2.26. The lowest BCUT2D eigenvalue weighted by atomic mass is 9.88. The highest BCUT2D eigenvalue weighted by atomic mass is 16.4. The molecule has 2 rings (SSSR count). The SMILES string of the molecule is NC1CC(c2ccccc2)CN(CCC(=O)O)C1. The molecular weight excluding hydrogens is 228 g/mol. The number of benzene rings is 1. The van der Waals surface area contributed by atoms with Gasteiger partial charge in [0.15, 0.2) is 0 Å². The summed E-state index contributed by atoms with van der Waals surface area (Å²) in [5, 5.41) is 8.74. The van der Waals surface area contributed by atoms with Crippen LogP contribution in [-0.2, 0) is 4.79 Å². The van der Waals surface area contributed by atoms with Crippen molar-refractivity contribution in [2.75, 3.05) is 19.6 Å². The second kappa shape index (κ2) is 5.98. The Balaban J connectivity index is 1.98. The molecule has 1 saturated heterocycles. The standard InChI is InChI=1S/C14H20N2O2/c15-13-8-12(11-4-2-1-3-5-11)9-16(10-13)7-6-14(17)18/h1-5,12-13H,6-10,15H2,(H,17,18). The number of piperidine rings is 1. The zero-order valence-electron chi connectivity index (χ0n) is 10.5. The van der Waals surface area contributed by atoms with Crippen LogP contribution < -0.4 is 5.73 Å². The van der Waals surface area contributed by atoms with E-state index in [0.717, 1.165) is 19.5 Å². The first-order valence-electron chi connectivity index (χ1n) is 6.40. The maximum Gasteiger partial charge on any atom is 0.304 e. The molecule has 1 aliphatic heterocycles. The van der Waals surface area contributed by atoms with Crippen LogP contribution in [0, 0.1) is 0 Å². The highest BCUT2D eigenvalue weighted by molar-refractivity contribution is 5.66. The Labute approximate surface area is 107 Å². The van der Waals surface area contributed by atoms with Crippen LogP contribution in [0.4, 0.5) is 0 Å². The number of rotatable bonds is 4. The van der Waals surface area contributed by atoms with Gasteiger partial charge >= 0.3 is 5.97 Å². The fourth-order valence-electron chi connectivity index (χ4n) is 2.64. The molecule has 4 nitrogen and oxygen atoms in total. The molecule has 1 fully saturated rings. The average Bonchev–Trinajstić information content (AvgIpc) is 2.37. The molecule has 1 heterocycles. The minimum atomic E-state index is -0.745. The highest BCUT2D eigenvalue weighted by Gasteiger charge is 2.26. The molecule has 0 radical (unpaired) electrons. The lowest BCUT2D eigenvalue weighted by Gasteiger charge is -2.36. The van der Waals surface area contributed by atoms with E-state index >= 15 is 0 Å². The van der Waals surface area contributed by atoms with Gasteiger partial charge in [0.25, 0.3) is 0 Å². The second-order valence-corrected chi connectivity index (χ2v) is 5.01. The van der Waals surface area contributed by atoms with Gasteiger partial charge in [0, 0.05) is 25.7 Å². The van der Waals surface area contributed by atoms with Crippen molar-refractivity contribution in [2.45, 2.75) is 24.8 Å². The van der Waals surface area contributed by atoms with Crippen molar-refractivity contribution in [3.63, 3.8) is 0 Å². The summed E-state index contributed by atoms with van der Waals surface area (Å²) in [5.74, 6) is -0.325. The van der Waals surface area contributed by atoms with Crippen molar-refractivity contribution in [1.29, 1.82) is 0 Å². The molecule has 18 heavy (non-hydrogen) atoms. The predicted molar refractivity (Wildman–Crippen MR) is 70.5 cm³/mol. The van der Waals surface area contributed by atoms with E-state index in [0.29, 0.717) is 12.5 Å². The molecule has 0 saturated carbocycles. The fraction of sp³-hybridized carbons (Fsp3) is 0.500. The Morgan fingerprint density at radius 1 is 1.33 bits per heavy atom. The largest absolute Gasteiger partial charge is 0.481 e. The molecule has 1 aromatic carbocycles. The summed E-state index contributed by atoms with van der Waals surface area (Å²) in [6.45, 7) is 2.30. The molecule has 1 aliphatic rings. The Bertz CT molecular complexity index is 394. The van der Waals surface area contributed by atoms with Crippen molar-refractivity contribution >= 4 is 5.97 Å². The van der Waals surface area contributed by atoms with Gasteiger partial charge in [0.1, 0.15) is 0 Å². The number of carbonyl (C=O) groups is 1. The maximum absolute atomic E-state index is 10.6. The summed E-state index contributed by atoms with van der Waals surface area (Å²) >= 11 is 0. The number of carboxylic acids is 1. The Morgan fingerprint density at radius 3 is 2.72 bits per heavy atom. The Hall–Kier alpha value is -1.39. The first kappa shape index (κ1) is 13.1. The molecule has 1 aromatic rings. The van der Waals surface area contributed by atoms with Crippen LogP contribution in [0.25, 0.3) is 0 Å². The van der Waals surface area contributed by atoms with Gasteiger partial charge in [-0.15, -0.1) is 0 Å². The van der Waals surface area contributed by atoms with Gasteiger partial charge in [-0.25, -0.2) is 0 Å². The molecule has 98 valence electrons. The van der Waals surface area contributed by atoms with Crippen LogP contribution in [0.15, 0.2) is 30.3 Å². The first-order valence-corrected chi connectivity index (χ1v) is 6.40. The van der Waals surface area contributed by atoms with E-state index in [1.807, 2.05) is 18.2 Å². The third-order valence-corrected chi connectivity index (χ3v) is 3.47. The summed E-state index contributed by atoms with van der Waals surface area (Å²) in [6.07, 6.45) is 1.17. The van der Waals surface area contributed by atoms with Crippen molar-refractivity contribution < 1.29 is 9.90 Å². The lowest BCUT2D eigenvalue weighted by Crippen LogP contribution is -2.46. The van der Waals surface area contributed by atoms with E-state index < -0.39 is 5.97 Å². The van der Waals surface area contributed by atoms with Crippen LogP contribution in [0.1, 0.15) is 24.3 Å². The molecule has 2 atom stereocenters. The molecular formula is C14H20N2O2. The van der Waals surface area contributed by atoms with Gasteiger partial charge in [-0.2, -0.15) is 0 Å². The van der Waals surface area contributed by atoms with Gasteiger partial charge in [-0.05, 0) is 17.9 Å². The molecule has 0 bridgehead atoms. The van der Waals surface area contributed by atoms with E-state index in [4.69, 9.17) is 10.8 Å². The number of hydrogen-bond acceptors (Lipinski definition) is 3. The van der Waals surface area contributed by atoms with Crippen molar-refractivity contribution in [3.8, 4) is 0 Å². The number of carboxylic acid groups (broad SMARTS) is 1. The van der Waals surface area contributed by atoms with E-state index in [1.54, 1.807) is 0 Å². The van der Waals surface area contributed by atoms with Crippen molar-refractivity contribution in [2.24, 2.45) is 5.73 Å². The third-order valence-electron chi connectivity index (χ3n) is 3.47. The van der Waals surface area contributed by atoms with Crippen LogP contribution in [0.3, 0.4) is 0 Å². The topological polar surface area (TPSA) is 66.6 Å². The summed E-state index contributed by atoms with van der Waals surface area (Å²) in [6, 6.07) is 10.5. The number of nitrogens with zero attached hydrogens (tertiary/aromatic N) is 1. The number of hydrogen-bond donors (Lipinski definition) is 2. The van der Waals surface area contributed by atoms with Gasteiger partial charge < -0.3 is 15.7 Å². The Morgan fingerprint density at radius 2 is 2.06 bits per heavy atom.